The predicted molar refractivity (Wildman–Crippen MR) is 76.8 cm³/mol. The number of hydrogen-bond donors (Lipinski definition) is 1. The first-order valence-electron chi connectivity index (χ1n) is 7.22. The van der Waals surface area contributed by atoms with Crippen molar-refractivity contribution in [3.63, 3.8) is 0 Å². The number of fused-ring (bicyclic) bond motifs is 4. The molecule has 3 saturated heterocycles. The van der Waals surface area contributed by atoms with E-state index in [0.29, 0.717) is 5.92 Å². The van der Waals surface area contributed by atoms with Crippen LogP contribution in [0.5, 0.6) is 5.75 Å². The van der Waals surface area contributed by atoms with Crippen LogP contribution in [-0.2, 0) is 0 Å². The Kier molecular flexibility index (Phi) is 2.55. The number of methoxy groups -OCH3 is 1. The second-order valence-electron chi connectivity index (χ2n) is 5.90. The molecule has 2 bridgehead atoms. The van der Waals surface area contributed by atoms with Crippen molar-refractivity contribution in [3.8, 4) is 5.75 Å². The lowest BCUT2D eigenvalue weighted by Crippen LogP contribution is -2.46. The van der Waals surface area contributed by atoms with Gasteiger partial charge in [-0.05, 0) is 55.6 Å². The first kappa shape index (κ1) is 11.4. The molecule has 0 saturated carbocycles. The number of nitrogens with one attached hydrogen (secondary N) is 1. The maximum absolute atomic E-state index is 5.37. The smallest absolute Gasteiger partial charge is 0.119 e. The van der Waals surface area contributed by atoms with Crippen molar-refractivity contribution in [2.75, 3.05) is 26.7 Å². The molecular formula is C16H20N2O. The Morgan fingerprint density at radius 3 is 2.79 bits per heavy atom. The van der Waals surface area contributed by atoms with Crippen molar-refractivity contribution >= 4 is 10.9 Å². The zero-order valence-corrected chi connectivity index (χ0v) is 11.4. The van der Waals surface area contributed by atoms with Crippen LogP contribution in [0.25, 0.3) is 10.9 Å². The minimum absolute atomic E-state index is 0.698. The largest absolute Gasteiger partial charge is 0.497 e. The highest BCUT2D eigenvalue weighted by molar-refractivity contribution is 5.85. The molecule has 3 aliphatic heterocycles. The van der Waals surface area contributed by atoms with Gasteiger partial charge in [-0.15, -0.1) is 0 Å². The minimum atomic E-state index is 0.698. The monoisotopic (exact) mass is 256 g/mol. The Bertz CT molecular complexity index is 596. The van der Waals surface area contributed by atoms with Gasteiger partial charge in [0.1, 0.15) is 5.75 Å². The predicted octanol–water partition coefficient (Wildman–Crippen LogP) is 2.99. The van der Waals surface area contributed by atoms with Gasteiger partial charge in [0.2, 0.25) is 0 Å². The number of piperidine rings is 3. The topological polar surface area (TPSA) is 28.3 Å². The van der Waals surface area contributed by atoms with E-state index in [2.05, 4.69) is 28.2 Å². The van der Waals surface area contributed by atoms with E-state index in [0.717, 1.165) is 11.7 Å². The summed E-state index contributed by atoms with van der Waals surface area (Å²) < 4.78 is 5.37. The molecule has 0 aliphatic carbocycles. The number of aromatic nitrogens is 1. The third kappa shape index (κ3) is 1.76. The van der Waals surface area contributed by atoms with Crippen LogP contribution in [0.15, 0.2) is 24.4 Å². The second-order valence-corrected chi connectivity index (χ2v) is 5.90. The lowest BCUT2D eigenvalue weighted by molar-refractivity contribution is 0.0876. The molecule has 5 rings (SSSR count). The molecule has 1 unspecified atom stereocenters. The third-order valence-corrected chi connectivity index (χ3v) is 4.98. The van der Waals surface area contributed by atoms with Crippen LogP contribution in [0.1, 0.15) is 24.3 Å². The molecule has 100 valence electrons. The molecule has 3 fully saturated rings. The van der Waals surface area contributed by atoms with Crippen molar-refractivity contribution < 1.29 is 4.74 Å². The summed E-state index contributed by atoms with van der Waals surface area (Å²) >= 11 is 0. The summed E-state index contributed by atoms with van der Waals surface area (Å²) in [5.41, 5.74) is 2.72. The van der Waals surface area contributed by atoms with Gasteiger partial charge >= 0.3 is 0 Å². The highest BCUT2D eigenvalue weighted by atomic mass is 16.5. The molecule has 3 nitrogen and oxygen atoms in total. The standard InChI is InChI=1S/C16H20N2O/c1-19-12-2-3-16-13(8-12)14(9-17-16)15-10-18-6-4-11(15)5-7-18/h2-3,8-9,11,15,17H,4-7,10H2,1H3. The maximum atomic E-state index is 5.37. The van der Waals surface area contributed by atoms with E-state index in [9.17, 15) is 0 Å². The van der Waals surface area contributed by atoms with E-state index in [1.807, 2.05) is 6.07 Å². The summed E-state index contributed by atoms with van der Waals surface area (Å²) in [6.45, 7) is 3.83. The van der Waals surface area contributed by atoms with Crippen LogP contribution < -0.4 is 4.74 Å². The van der Waals surface area contributed by atoms with E-state index in [1.165, 1.54) is 48.9 Å². The third-order valence-electron chi connectivity index (χ3n) is 4.98. The summed E-state index contributed by atoms with van der Waals surface area (Å²) in [5, 5.41) is 1.35. The van der Waals surface area contributed by atoms with Crippen LogP contribution in [0.4, 0.5) is 0 Å². The molecule has 0 spiro atoms. The molecule has 1 N–H and O–H groups in total. The Labute approximate surface area is 113 Å². The molecule has 4 heterocycles. The van der Waals surface area contributed by atoms with Crippen molar-refractivity contribution in [1.82, 2.24) is 9.88 Å². The zero-order valence-electron chi connectivity index (χ0n) is 11.4. The van der Waals surface area contributed by atoms with Gasteiger partial charge in [0.25, 0.3) is 0 Å². The van der Waals surface area contributed by atoms with Crippen LogP contribution in [0, 0.1) is 5.92 Å². The fraction of sp³-hybridized carbons (Fsp3) is 0.500. The van der Waals surface area contributed by atoms with E-state index >= 15 is 0 Å². The van der Waals surface area contributed by atoms with Crippen molar-refractivity contribution in [3.05, 3.63) is 30.0 Å². The van der Waals surface area contributed by atoms with Gasteiger partial charge in [0.05, 0.1) is 7.11 Å². The van der Waals surface area contributed by atoms with Crippen LogP contribution in [0.2, 0.25) is 0 Å². The highest BCUT2D eigenvalue weighted by Gasteiger charge is 2.35. The number of benzene rings is 1. The molecule has 0 radical (unpaired) electrons. The van der Waals surface area contributed by atoms with E-state index < -0.39 is 0 Å². The van der Waals surface area contributed by atoms with Crippen LogP contribution >= 0.6 is 0 Å². The Morgan fingerprint density at radius 1 is 1.26 bits per heavy atom. The van der Waals surface area contributed by atoms with Crippen molar-refractivity contribution in [2.24, 2.45) is 5.92 Å². The average molecular weight is 256 g/mol. The van der Waals surface area contributed by atoms with Gasteiger partial charge in [-0.3, -0.25) is 0 Å². The lowest BCUT2D eigenvalue weighted by Gasteiger charge is -2.44. The maximum Gasteiger partial charge on any atom is 0.119 e. The van der Waals surface area contributed by atoms with Gasteiger partial charge in [0.15, 0.2) is 0 Å². The summed E-state index contributed by atoms with van der Waals surface area (Å²) in [6.07, 6.45) is 4.94. The van der Waals surface area contributed by atoms with Gasteiger partial charge in [-0.1, -0.05) is 0 Å². The SMILES string of the molecule is COc1ccc2[nH]cc(C3CN4CCC3CC4)c2c1. The molecule has 3 heteroatoms. The number of nitrogens with zero attached hydrogens (tertiary/aromatic N) is 1. The molecular weight excluding hydrogens is 236 g/mol. The van der Waals surface area contributed by atoms with Crippen molar-refractivity contribution in [2.45, 2.75) is 18.8 Å². The summed E-state index contributed by atoms with van der Waals surface area (Å²) in [5.74, 6) is 2.52. The first-order chi connectivity index (χ1) is 9.35. The van der Waals surface area contributed by atoms with Crippen LogP contribution in [-0.4, -0.2) is 36.6 Å². The first-order valence-corrected chi connectivity index (χ1v) is 7.22. The number of hydrogen-bond acceptors (Lipinski definition) is 2. The quantitative estimate of drug-likeness (QED) is 0.894. The minimum Gasteiger partial charge on any atom is -0.497 e. The van der Waals surface area contributed by atoms with Gasteiger partial charge in [-0.2, -0.15) is 0 Å². The lowest BCUT2D eigenvalue weighted by atomic mass is 9.75. The summed E-state index contributed by atoms with van der Waals surface area (Å²) in [6, 6.07) is 6.33. The van der Waals surface area contributed by atoms with E-state index in [-0.39, 0.29) is 0 Å². The number of aromatic amines is 1. The van der Waals surface area contributed by atoms with Gasteiger partial charge in [-0.25, -0.2) is 0 Å². The molecule has 0 amide bonds. The normalized spacial score (nSPS) is 29.8. The second kappa shape index (κ2) is 4.27. The Hall–Kier alpha value is -1.48. The van der Waals surface area contributed by atoms with E-state index in [1.54, 1.807) is 7.11 Å². The molecule has 1 aromatic carbocycles. The molecule has 3 aliphatic rings. The molecule has 1 atom stereocenters. The number of rotatable bonds is 2. The zero-order chi connectivity index (χ0) is 12.8. The Morgan fingerprint density at radius 2 is 2.11 bits per heavy atom. The molecule has 2 aromatic rings. The summed E-state index contributed by atoms with van der Waals surface area (Å²) in [7, 11) is 1.74. The fourth-order valence-electron chi connectivity index (χ4n) is 3.87. The van der Waals surface area contributed by atoms with Gasteiger partial charge < -0.3 is 14.6 Å². The van der Waals surface area contributed by atoms with Crippen LogP contribution in [0.3, 0.4) is 0 Å². The fourth-order valence-corrected chi connectivity index (χ4v) is 3.87. The average Bonchev–Trinajstić information content (AvgIpc) is 2.91. The molecule has 1 aromatic heterocycles. The van der Waals surface area contributed by atoms with Crippen molar-refractivity contribution in [1.29, 1.82) is 0 Å². The highest BCUT2D eigenvalue weighted by Crippen LogP contribution is 2.41. The van der Waals surface area contributed by atoms with E-state index in [4.69, 9.17) is 4.74 Å². The number of ether oxygens (including phenoxy) is 1. The number of H-pyrrole nitrogens is 1. The molecule has 19 heavy (non-hydrogen) atoms. The Balaban J connectivity index is 1.78. The summed E-state index contributed by atoms with van der Waals surface area (Å²) in [4.78, 5) is 6.04. The van der Waals surface area contributed by atoms with Gasteiger partial charge in [0, 0.05) is 29.6 Å².